The number of fused-ring (bicyclic) bond motifs is 2. The van der Waals surface area contributed by atoms with E-state index in [1.807, 2.05) is 13.8 Å². The monoisotopic (exact) mass is 603 g/mol. The first-order valence-corrected chi connectivity index (χ1v) is 16.5. The molecule has 5 rings (SSSR count). The topological polar surface area (TPSA) is 100 Å². The summed E-state index contributed by atoms with van der Waals surface area (Å²) >= 11 is 0. The number of carbonyl (C=O) groups excluding carboxylic acids is 2. The molecule has 3 fully saturated rings. The lowest BCUT2D eigenvalue weighted by atomic mass is 9.70. The highest BCUT2D eigenvalue weighted by molar-refractivity contribution is 7.89. The molecule has 2 aliphatic carbocycles. The molecule has 0 N–H and O–H groups in total. The molecule has 2 bridgehead atoms. The fraction of sp³-hybridized carbons (Fsp3) is 0.613. The molecule has 1 saturated heterocycles. The van der Waals surface area contributed by atoms with E-state index >= 15 is 0 Å². The largest absolute Gasteiger partial charge is 0.467 e. The van der Waals surface area contributed by atoms with Crippen molar-refractivity contribution >= 4 is 21.7 Å². The highest BCUT2D eigenvalue weighted by Crippen LogP contribution is 2.64. The zero-order chi connectivity index (χ0) is 30.0. The Bertz CT molecular complexity index is 1340. The van der Waals surface area contributed by atoms with Crippen LogP contribution in [0.5, 0.6) is 0 Å². The standard InChI is InChI=1S/C31H42FN3O6S/c1-30(2)25-10-11-31(30,28(36)19-25)23-42(38,39)35(13-4-12-33-14-17-40-18-15-33)22-29(37)34(21-27-5-3-16-41-27)20-24-6-8-26(32)9-7-24/h3,5-9,16,25H,4,10-15,17-23H2,1-2H3. The number of carbonyl (C=O) groups is 2. The number of ketones is 1. The van der Waals surface area contributed by atoms with Gasteiger partial charge in [-0.15, -0.1) is 0 Å². The second-order valence-corrected chi connectivity index (χ2v) is 14.5. The lowest BCUT2D eigenvalue weighted by Gasteiger charge is -2.38. The first kappa shape index (κ1) is 30.8. The first-order valence-electron chi connectivity index (χ1n) is 14.9. The second kappa shape index (κ2) is 12.6. The van der Waals surface area contributed by atoms with Crippen molar-refractivity contribution in [3.05, 3.63) is 59.8 Å². The van der Waals surface area contributed by atoms with E-state index in [9.17, 15) is 22.4 Å². The van der Waals surface area contributed by atoms with Crippen LogP contribution in [0.25, 0.3) is 0 Å². The van der Waals surface area contributed by atoms with Crippen molar-refractivity contribution in [2.24, 2.45) is 16.7 Å². The van der Waals surface area contributed by atoms with Crippen LogP contribution in [0, 0.1) is 22.6 Å². The Kier molecular flexibility index (Phi) is 9.22. The third-order valence-corrected chi connectivity index (χ3v) is 11.8. The van der Waals surface area contributed by atoms with Crippen LogP contribution in [-0.4, -0.2) is 85.9 Å². The average Bonchev–Trinajstić information content (AvgIpc) is 3.60. The van der Waals surface area contributed by atoms with Crippen molar-refractivity contribution in [2.45, 2.75) is 52.6 Å². The number of sulfonamides is 1. The Hall–Kier alpha value is -2.60. The van der Waals surface area contributed by atoms with E-state index in [0.717, 1.165) is 19.5 Å². The molecule has 2 unspecified atom stereocenters. The molecule has 3 aliphatic rings. The molecule has 1 amide bonds. The third-order valence-electron chi connectivity index (χ3n) is 9.82. The lowest BCUT2D eigenvalue weighted by molar-refractivity contribution is -0.133. The molecule has 0 radical (unpaired) electrons. The van der Waals surface area contributed by atoms with Gasteiger partial charge in [-0.25, -0.2) is 12.8 Å². The van der Waals surface area contributed by atoms with Crippen molar-refractivity contribution in [3.8, 4) is 0 Å². The van der Waals surface area contributed by atoms with Gasteiger partial charge in [0.05, 0.1) is 38.3 Å². The van der Waals surface area contributed by atoms with Crippen molar-refractivity contribution in [1.82, 2.24) is 14.1 Å². The number of hydrogen-bond acceptors (Lipinski definition) is 7. The van der Waals surface area contributed by atoms with Crippen LogP contribution in [0.4, 0.5) is 4.39 Å². The summed E-state index contributed by atoms with van der Waals surface area (Å²) < 4.78 is 54.1. The fourth-order valence-corrected chi connectivity index (χ4v) is 9.20. The van der Waals surface area contributed by atoms with Gasteiger partial charge in [0.1, 0.15) is 17.4 Å². The Morgan fingerprint density at radius 2 is 1.86 bits per heavy atom. The van der Waals surface area contributed by atoms with Crippen LogP contribution in [0.1, 0.15) is 50.9 Å². The minimum absolute atomic E-state index is 0.0303. The van der Waals surface area contributed by atoms with Crippen molar-refractivity contribution in [1.29, 1.82) is 0 Å². The van der Waals surface area contributed by atoms with Gasteiger partial charge in [-0.05, 0) is 67.0 Å². The molecule has 230 valence electrons. The summed E-state index contributed by atoms with van der Waals surface area (Å²) in [7, 11) is -3.98. The molecule has 2 saturated carbocycles. The van der Waals surface area contributed by atoms with Gasteiger partial charge in [0.15, 0.2) is 0 Å². The number of benzene rings is 1. The van der Waals surface area contributed by atoms with Gasteiger partial charge in [-0.1, -0.05) is 26.0 Å². The van der Waals surface area contributed by atoms with Crippen molar-refractivity contribution < 1.29 is 31.6 Å². The molecule has 1 aromatic carbocycles. The molecule has 11 heteroatoms. The molecule has 1 aliphatic heterocycles. The molecular weight excluding hydrogens is 561 g/mol. The van der Waals surface area contributed by atoms with Gasteiger partial charge in [-0.2, -0.15) is 4.31 Å². The van der Waals surface area contributed by atoms with E-state index in [1.165, 1.54) is 27.6 Å². The van der Waals surface area contributed by atoms with E-state index in [0.29, 0.717) is 50.3 Å². The minimum atomic E-state index is -3.98. The second-order valence-electron chi connectivity index (χ2n) is 12.5. The number of morpholine rings is 1. The summed E-state index contributed by atoms with van der Waals surface area (Å²) in [6, 6.07) is 9.37. The summed E-state index contributed by atoms with van der Waals surface area (Å²) in [5, 5.41) is 0. The highest BCUT2D eigenvalue weighted by atomic mass is 32.2. The zero-order valence-electron chi connectivity index (χ0n) is 24.6. The predicted octanol–water partition coefficient (Wildman–Crippen LogP) is 3.70. The SMILES string of the molecule is CC1(C)C2CCC1(CS(=O)(=O)N(CCCN1CCOCC1)CC(=O)N(Cc1ccc(F)cc1)Cc1ccco1)C(=O)C2. The third kappa shape index (κ3) is 6.49. The lowest BCUT2D eigenvalue weighted by Crippen LogP contribution is -2.49. The zero-order valence-corrected chi connectivity index (χ0v) is 25.4. The summed E-state index contributed by atoms with van der Waals surface area (Å²) in [6.45, 7) is 7.72. The maximum Gasteiger partial charge on any atom is 0.238 e. The molecule has 0 spiro atoms. The van der Waals surface area contributed by atoms with Crippen molar-refractivity contribution in [3.63, 3.8) is 0 Å². The van der Waals surface area contributed by atoms with Gasteiger partial charge in [0.2, 0.25) is 15.9 Å². The Balaban J connectivity index is 1.36. The summed E-state index contributed by atoms with van der Waals surface area (Å²) in [4.78, 5) is 30.8. The number of halogens is 1. The average molecular weight is 604 g/mol. The Labute approximate surface area is 248 Å². The predicted molar refractivity (Wildman–Crippen MR) is 155 cm³/mol. The van der Waals surface area contributed by atoms with Gasteiger partial charge in [0, 0.05) is 38.0 Å². The van der Waals surface area contributed by atoms with Gasteiger partial charge >= 0.3 is 0 Å². The molecule has 42 heavy (non-hydrogen) atoms. The maximum atomic E-state index is 14.2. The number of Topliss-reactive ketones (excluding diaryl/α,β-unsaturated/α-hetero) is 1. The molecule has 9 nitrogen and oxygen atoms in total. The van der Waals surface area contributed by atoms with E-state index < -0.39 is 20.9 Å². The minimum Gasteiger partial charge on any atom is -0.467 e. The number of hydrogen-bond donors (Lipinski definition) is 0. The van der Waals surface area contributed by atoms with E-state index in [1.54, 1.807) is 24.3 Å². The Morgan fingerprint density at radius 1 is 1.12 bits per heavy atom. The summed E-state index contributed by atoms with van der Waals surface area (Å²) in [6.07, 6.45) is 3.90. The van der Waals surface area contributed by atoms with Crippen LogP contribution >= 0.6 is 0 Å². The van der Waals surface area contributed by atoms with Gasteiger partial charge in [0.25, 0.3) is 0 Å². The van der Waals surface area contributed by atoms with Crippen LogP contribution in [0.2, 0.25) is 0 Å². The summed E-state index contributed by atoms with van der Waals surface area (Å²) in [5.74, 6) is -0.258. The highest BCUT2D eigenvalue weighted by Gasteiger charge is 2.65. The number of amides is 1. The van der Waals surface area contributed by atoms with E-state index in [2.05, 4.69) is 4.90 Å². The molecule has 2 atom stereocenters. The van der Waals surface area contributed by atoms with Crippen LogP contribution < -0.4 is 0 Å². The smallest absolute Gasteiger partial charge is 0.238 e. The normalized spacial score (nSPS) is 24.0. The van der Waals surface area contributed by atoms with E-state index in [-0.39, 0.29) is 55.4 Å². The van der Waals surface area contributed by atoms with Gasteiger partial charge < -0.3 is 14.1 Å². The number of ether oxygens (including phenoxy) is 1. The Morgan fingerprint density at radius 3 is 2.48 bits per heavy atom. The fourth-order valence-electron chi connectivity index (χ4n) is 7.01. The number of nitrogens with zero attached hydrogens (tertiary/aromatic N) is 3. The first-order chi connectivity index (χ1) is 20.0. The van der Waals surface area contributed by atoms with Crippen molar-refractivity contribution in [2.75, 3.05) is 51.7 Å². The van der Waals surface area contributed by atoms with Crippen LogP contribution in [0.15, 0.2) is 47.1 Å². The van der Waals surface area contributed by atoms with Crippen LogP contribution in [-0.2, 0) is 37.4 Å². The molecule has 1 aromatic heterocycles. The van der Waals surface area contributed by atoms with Gasteiger partial charge in [-0.3, -0.25) is 14.5 Å². The number of furan rings is 1. The molecular formula is C31H42FN3O6S. The molecule has 2 heterocycles. The summed E-state index contributed by atoms with van der Waals surface area (Å²) in [5.41, 5.74) is -0.620. The van der Waals surface area contributed by atoms with Crippen LogP contribution in [0.3, 0.4) is 0 Å². The molecule has 2 aromatic rings. The van der Waals surface area contributed by atoms with E-state index in [4.69, 9.17) is 9.15 Å². The number of rotatable bonds is 13. The quantitative estimate of drug-likeness (QED) is 0.344. The maximum absolute atomic E-state index is 14.2.